The Bertz CT molecular complexity index is 1720. The SMILES string of the molecule is CCn1c2ccccc2c2cc([P@](=Nc3cccc(C(F)(F)F)c3)(Oc3ccc(Br)cc3)C(C)(C)C)ccc21. The largest absolute Gasteiger partial charge is 0.455 e. The molecule has 0 aliphatic carbocycles. The molecule has 0 saturated carbocycles. The first-order valence-corrected chi connectivity index (χ1v) is 15.1. The van der Waals surface area contributed by atoms with Crippen LogP contribution in [0.2, 0.25) is 0 Å². The third kappa shape index (κ3) is 5.15. The molecule has 0 saturated heterocycles. The third-order valence-electron chi connectivity index (χ3n) is 6.81. The van der Waals surface area contributed by atoms with E-state index in [0.29, 0.717) is 5.75 Å². The fourth-order valence-electron chi connectivity index (χ4n) is 4.93. The van der Waals surface area contributed by atoms with Crippen molar-refractivity contribution in [3.63, 3.8) is 0 Å². The highest BCUT2D eigenvalue weighted by molar-refractivity contribution is 9.10. The minimum atomic E-state index is -4.47. The molecule has 0 bridgehead atoms. The molecule has 1 heterocycles. The second-order valence-corrected chi connectivity index (χ2v) is 14.7. The molecule has 202 valence electrons. The number of hydrogen-bond donors (Lipinski definition) is 0. The van der Waals surface area contributed by atoms with Crippen LogP contribution in [0.3, 0.4) is 0 Å². The van der Waals surface area contributed by atoms with Crippen LogP contribution in [-0.4, -0.2) is 9.72 Å². The zero-order chi connectivity index (χ0) is 28.0. The predicted molar refractivity (Wildman–Crippen MR) is 160 cm³/mol. The second-order valence-electron chi connectivity index (χ2n) is 10.4. The average Bonchev–Trinajstić information content (AvgIpc) is 3.21. The van der Waals surface area contributed by atoms with E-state index in [1.165, 1.54) is 6.07 Å². The molecule has 0 N–H and O–H groups in total. The van der Waals surface area contributed by atoms with Crippen LogP contribution in [0.15, 0.2) is 100 Å². The zero-order valence-electron chi connectivity index (χ0n) is 22.1. The van der Waals surface area contributed by atoms with Crippen LogP contribution < -0.4 is 9.83 Å². The summed E-state index contributed by atoms with van der Waals surface area (Å²) in [5.74, 6) is 0.605. The predicted octanol–water partition coefficient (Wildman–Crippen LogP) is 10.5. The zero-order valence-corrected chi connectivity index (χ0v) is 24.6. The molecule has 1 aromatic heterocycles. The van der Waals surface area contributed by atoms with E-state index < -0.39 is 24.2 Å². The van der Waals surface area contributed by atoms with E-state index in [-0.39, 0.29) is 5.69 Å². The summed E-state index contributed by atoms with van der Waals surface area (Å²) in [5, 5.41) is 2.50. The van der Waals surface area contributed by atoms with Gasteiger partial charge < -0.3 is 9.09 Å². The normalized spacial score (nSPS) is 13.9. The lowest BCUT2D eigenvalue weighted by atomic mass is 10.1. The number of halogens is 4. The van der Waals surface area contributed by atoms with Crippen LogP contribution in [0.5, 0.6) is 5.75 Å². The first-order valence-electron chi connectivity index (χ1n) is 12.7. The molecule has 0 aliphatic rings. The van der Waals surface area contributed by atoms with Gasteiger partial charge in [-0.1, -0.05) is 61.0 Å². The lowest BCUT2D eigenvalue weighted by Crippen LogP contribution is -2.27. The third-order valence-corrected chi connectivity index (χ3v) is 11.1. The Morgan fingerprint density at radius 3 is 2.18 bits per heavy atom. The molecule has 0 aliphatic heterocycles. The first kappa shape index (κ1) is 27.5. The van der Waals surface area contributed by atoms with E-state index in [9.17, 15) is 13.2 Å². The van der Waals surface area contributed by atoms with Crippen molar-refractivity contribution in [1.82, 2.24) is 4.57 Å². The molecule has 3 nitrogen and oxygen atoms in total. The Labute approximate surface area is 234 Å². The van der Waals surface area contributed by atoms with Gasteiger partial charge in [0.2, 0.25) is 0 Å². The number of aryl methyl sites for hydroxylation is 1. The Kier molecular flexibility index (Phi) is 7.19. The smallest absolute Gasteiger partial charge is 0.416 e. The van der Waals surface area contributed by atoms with Gasteiger partial charge in [0.25, 0.3) is 0 Å². The van der Waals surface area contributed by atoms with Crippen molar-refractivity contribution in [3.05, 3.63) is 101 Å². The summed E-state index contributed by atoms with van der Waals surface area (Å²) in [7, 11) is -3.01. The summed E-state index contributed by atoms with van der Waals surface area (Å²) in [5.41, 5.74) is 1.73. The molecule has 0 fully saturated rings. The summed E-state index contributed by atoms with van der Waals surface area (Å²) in [4.78, 5) is 0. The van der Waals surface area contributed by atoms with Crippen LogP contribution in [-0.2, 0) is 12.7 Å². The van der Waals surface area contributed by atoms with Crippen molar-refractivity contribution >= 4 is 56.0 Å². The summed E-state index contributed by atoms with van der Waals surface area (Å²) in [6.45, 7) is 9.04. The highest BCUT2D eigenvalue weighted by Crippen LogP contribution is 2.62. The van der Waals surface area contributed by atoms with Gasteiger partial charge in [-0.05, 0) is 73.7 Å². The average molecular weight is 613 g/mol. The molecule has 5 rings (SSSR count). The molecule has 0 radical (unpaired) electrons. The molecule has 0 amide bonds. The van der Waals surface area contributed by atoms with Crippen LogP contribution in [0, 0.1) is 0 Å². The van der Waals surface area contributed by atoms with Crippen LogP contribution >= 0.6 is 23.2 Å². The van der Waals surface area contributed by atoms with Crippen molar-refractivity contribution < 1.29 is 17.7 Å². The quantitative estimate of drug-likeness (QED) is 0.181. The number of hydrogen-bond acceptors (Lipinski definition) is 2. The molecule has 39 heavy (non-hydrogen) atoms. The molecule has 0 spiro atoms. The number of para-hydroxylation sites is 1. The van der Waals surface area contributed by atoms with Gasteiger partial charge in [-0.3, -0.25) is 0 Å². The minimum Gasteiger partial charge on any atom is -0.455 e. The number of nitrogens with zero attached hydrogens (tertiary/aromatic N) is 2. The molecule has 1 atom stereocenters. The Balaban J connectivity index is 1.84. The monoisotopic (exact) mass is 612 g/mol. The standard InChI is InChI=1S/C31H29BrF3N2OP/c1-5-37-28-12-7-6-11-26(28)27-20-25(17-18-29(27)37)39(30(2,3)4,38-24-15-13-22(32)14-16-24)36-23-10-8-9-21(19-23)31(33,34)35/h6-20H,5H2,1-4H3/t39-/m0/s1. The van der Waals surface area contributed by atoms with Crippen LogP contribution in [0.4, 0.5) is 18.9 Å². The number of benzene rings is 4. The summed E-state index contributed by atoms with van der Waals surface area (Å²) < 4.78 is 56.0. The summed E-state index contributed by atoms with van der Waals surface area (Å²) in [6.07, 6.45) is -4.47. The van der Waals surface area contributed by atoms with Crippen molar-refractivity contribution in [2.24, 2.45) is 4.74 Å². The van der Waals surface area contributed by atoms with Gasteiger partial charge in [-0.2, -0.15) is 13.2 Å². The maximum atomic E-state index is 13.6. The van der Waals surface area contributed by atoms with Crippen molar-refractivity contribution in [1.29, 1.82) is 0 Å². The fourth-order valence-corrected chi connectivity index (χ4v) is 8.26. The molecular weight excluding hydrogens is 584 g/mol. The molecule has 4 aromatic carbocycles. The highest BCUT2D eigenvalue weighted by Gasteiger charge is 2.40. The maximum absolute atomic E-state index is 13.6. The van der Waals surface area contributed by atoms with E-state index in [4.69, 9.17) is 9.27 Å². The Hall–Kier alpha value is -3.02. The van der Waals surface area contributed by atoms with Gasteiger partial charge >= 0.3 is 6.18 Å². The van der Waals surface area contributed by atoms with Crippen LogP contribution in [0.1, 0.15) is 33.3 Å². The van der Waals surface area contributed by atoms with E-state index in [1.807, 2.05) is 63.2 Å². The molecule has 8 heteroatoms. The lowest BCUT2D eigenvalue weighted by molar-refractivity contribution is -0.137. The van der Waals surface area contributed by atoms with E-state index in [2.05, 4.69) is 51.7 Å². The summed E-state index contributed by atoms with van der Waals surface area (Å²) in [6, 6.07) is 27.2. The van der Waals surface area contributed by atoms with E-state index in [1.54, 1.807) is 6.07 Å². The van der Waals surface area contributed by atoms with Gasteiger partial charge in [-0.25, -0.2) is 4.74 Å². The van der Waals surface area contributed by atoms with E-state index >= 15 is 0 Å². The molecule has 0 unspecified atom stereocenters. The highest BCUT2D eigenvalue weighted by atomic mass is 79.9. The Morgan fingerprint density at radius 2 is 1.51 bits per heavy atom. The number of rotatable bonds is 5. The maximum Gasteiger partial charge on any atom is 0.416 e. The number of alkyl halides is 3. The van der Waals surface area contributed by atoms with Crippen molar-refractivity contribution in [2.75, 3.05) is 0 Å². The van der Waals surface area contributed by atoms with Gasteiger partial charge in [0.05, 0.1) is 11.3 Å². The van der Waals surface area contributed by atoms with Crippen molar-refractivity contribution in [2.45, 2.75) is 45.6 Å². The van der Waals surface area contributed by atoms with Gasteiger partial charge in [0, 0.05) is 43.3 Å². The fraction of sp³-hybridized carbons (Fsp3) is 0.226. The van der Waals surface area contributed by atoms with E-state index in [0.717, 1.165) is 50.3 Å². The molecule has 5 aromatic rings. The topological polar surface area (TPSA) is 26.5 Å². The number of aromatic nitrogens is 1. The first-order chi connectivity index (χ1) is 18.4. The minimum absolute atomic E-state index is 0.237. The van der Waals surface area contributed by atoms with Crippen LogP contribution in [0.25, 0.3) is 21.8 Å². The van der Waals surface area contributed by atoms with Gasteiger partial charge in [0.1, 0.15) is 5.75 Å². The van der Waals surface area contributed by atoms with Gasteiger partial charge in [0.15, 0.2) is 7.28 Å². The second kappa shape index (κ2) is 10.2. The summed E-state index contributed by atoms with van der Waals surface area (Å²) >= 11 is 3.47. The Morgan fingerprint density at radius 1 is 0.821 bits per heavy atom. The number of fused-ring (bicyclic) bond motifs is 3. The van der Waals surface area contributed by atoms with Gasteiger partial charge in [-0.15, -0.1) is 0 Å². The molecular formula is C31H29BrF3N2OP. The van der Waals surface area contributed by atoms with Crippen molar-refractivity contribution in [3.8, 4) is 5.75 Å². The lowest BCUT2D eigenvalue weighted by Gasteiger charge is -2.37.